The van der Waals surface area contributed by atoms with Crippen LogP contribution in [0.15, 0.2) is 29.1 Å². The highest BCUT2D eigenvalue weighted by Crippen LogP contribution is 2.40. The van der Waals surface area contributed by atoms with Gasteiger partial charge < -0.3 is 14.5 Å². The van der Waals surface area contributed by atoms with E-state index in [1.54, 1.807) is 4.90 Å². The summed E-state index contributed by atoms with van der Waals surface area (Å²) in [7, 11) is 0. The molecule has 0 bridgehead atoms. The van der Waals surface area contributed by atoms with E-state index >= 15 is 0 Å². The molecule has 1 atom stereocenters. The molecular formula is C21H23FN4O3. The first-order valence-corrected chi connectivity index (χ1v) is 10.1. The van der Waals surface area contributed by atoms with E-state index in [9.17, 15) is 14.0 Å². The van der Waals surface area contributed by atoms with Crippen molar-refractivity contribution in [3.8, 4) is 0 Å². The van der Waals surface area contributed by atoms with Gasteiger partial charge in [0.2, 0.25) is 11.8 Å². The first kappa shape index (κ1) is 18.3. The highest BCUT2D eigenvalue weighted by atomic mass is 19.1. The van der Waals surface area contributed by atoms with E-state index in [1.165, 1.54) is 0 Å². The Balaban J connectivity index is 1.29. The normalized spacial score (nSPS) is 21.8. The molecule has 3 heterocycles. The molecule has 1 saturated heterocycles. The molecule has 3 aliphatic rings. The zero-order valence-corrected chi connectivity index (χ0v) is 16.1. The number of benzene rings is 1. The second kappa shape index (κ2) is 7.26. The van der Waals surface area contributed by atoms with Crippen LogP contribution in [0.5, 0.6) is 0 Å². The molecule has 1 unspecified atom stereocenters. The molecule has 1 aromatic carbocycles. The fourth-order valence-electron chi connectivity index (χ4n) is 4.14. The van der Waals surface area contributed by atoms with Gasteiger partial charge in [0, 0.05) is 32.1 Å². The fraction of sp³-hybridized carbons (Fsp3) is 0.476. The molecule has 8 heteroatoms. The number of piperazine rings is 1. The third-order valence-corrected chi connectivity index (χ3v) is 5.95. The predicted molar refractivity (Wildman–Crippen MR) is 104 cm³/mol. The summed E-state index contributed by atoms with van der Waals surface area (Å²) in [6.07, 6.45) is 2.01. The summed E-state index contributed by atoms with van der Waals surface area (Å²) < 4.78 is 19.8. The lowest BCUT2D eigenvalue weighted by atomic mass is 9.96. The minimum atomic E-state index is -0.766. The van der Waals surface area contributed by atoms with Crippen molar-refractivity contribution in [2.45, 2.75) is 31.3 Å². The minimum absolute atomic E-state index is 0.0315. The van der Waals surface area contributed by atoms with Crippen LogP contribution in [-0.2, 0) is 16.0 Å². The van der Waals surface area contributed by atoms with Crippen molar-refractivity contribution in [2.75, 3.05) is 37.7 Å². The third kappa shape index (κ3) is 3.42. The number of ether oxygens (including phenoxy) is 1. The topological polar surface area (TPSA) is 78.5 Å². The number of aromatic nitrogens is 2. The SMILES string of the molecule is O=C(C1OCCc2ccccc21)N1CCN(c2nc(C3CC3)c(F)c(=O)[nH]2)CC1. The number of anilines is 1. The van der Waals surface area contributed by atoms with Crippen LogP contribution in [0.2, 0.25) is 0 Å². The van der Waals surface area contributed by atoms with Crippen LogP contribution < -0.4 is 10.5 Å². The van der Waals surface area contributed by atoms with E-state index in [0.29, 0.717) is 38.7 Å². The molecule has 1 aliphatic carbocycles. The third-order valence-electron chi connectivity index (χ3n) is 5.95. The van der Waals surface area contributed by atoms with Crippen LogP contribution in [0, 0.1) is 5.82 Å². The molecule has 1 amide bonds. The highest BCUT2D eigenvalue weighted by Gasteiger charge is 2.34. The van der Waals surface area contributed by atoms with E-state index < -0.39 is 17.5 Å². The maximum absolute atomic E-state index is 14.0. The molecule has 29 heavy (non-hydrogen) atoms. The first-order chi connectivity index (χ1) is 14.1. The quantitative estimate of drug-likeness (QED) is 0.852. The Morgan fingerprint density at radius 2 is 1.93 bits per heavy atom. The number of hydrogen-bond donors (Lipinski definition) is 1. The Morgan fingerprint density at radius 3 is 2.69 bits per heavy atom. The molecule has 5 rings (SSSR count). The number of aromatic amines is 1. The van der Waals surface area contributed by atoms with Crippen molar-refractivity contribution in [1.29, 1.82) is 0 Å². The Morgan fingerprint density at radius 1 is 1.17 bits per heavy atom. The van der Waals surface area contributed by atoms with Crippen molar-refractivity contribution in [2.24, 2.45) is 0 Å². The van der Waals surface area contributed by atoms with Gasteiger partial charge in [-0.2, -0.15) is 4.39 Å². The van der Waals surface area contributed by atoms with Gasteiger partial charge in [0.1, 0.15) is 0 Å². The number of rotatable bonds is 3. The number of fused-ring (bicyclic) bond motifs is 1. The van der Waals surface area contributed by atoms with Gasteiger partial charge in [-0.3, -0.25) is 14.6 Å². The van der Waals surface area contributed by atoms with Gasteiger partial charge in [-0.1, -0.05) is 24.3 Å². The van der Waals surface area contributed by atoms with Gasteiger partial charge in [-0.15, -0.1) is 0 Å². The molecule has 152 valence electrons. The second-order valence-electron chi connectivity index (χ2n) is 7.88. The number of carbonyl (C=O) groups excluding carboxylic acids is 1. The molecule has 1 N–H and O–H groups in total. The summed E-state index contributed by atoms with van der Waals surface area (Å²) >= 11 is 0. The van der Waals surface area contributed by atoms with Crippen molar-refractivity contribution >= 4 is 11.9 Å². The van der Waals surface area contributed by atoms with E-state index in [1.807, 2.05) is 29.2 Å². The van der Waals surface area contributed by atoms with Gasteiger partial charge in [-0.25, -0.2) is 4.98 Å². The summed E-state index contributed by atoms with van der Waals surface area (Å²) in [4.78, 5) is 35.6. The van der Waals surface area contributed by atoms with Crippen LogP contribution in [0.25, 0.3) is 0 Å². The highest BCUT2D eigenvalue weighted by molar-refractivity contribution is 5.83. The molecule has 0 radical (unpaired) electrons. The van der Waals surface area contributed by atoms with Gasteiger partial charge in [0.05, 0.1) is 12.3 Å². The van der Waals surface area contributed by atoms with E-state index in [0.717, 1.165) is 30.4 Å². The first-order valence-electron chi connectivity index (χ1n) is 10.1. The summed E-state index contributed by atoms with van der Waals surface area (Å²) in [6.45, 7) is 2.59. The van der Waals surface area contributed by atoms with E-state index in [-0.39, 0.29) is 17.5 Å². The second-order valence-corrected chi connectivity index (χ2v) is 7.88. The number of nitrogens with zero attached hydrogens (tertiary/aromatic N) is 3. The average molecular weight is 398 g/mol. The van der Waals surface area contributed by atoms with Crippen LogP contribution in [-0.4, -0.2) is 53.6 Å². The van der Waals surface area contributed by atoms with Crippen molar-refractivity contribution < 1.29 is 13.9 Å². The fourth-order valence-corrected chi connectivity index (χ4v) is 4.14. The molecular weight excluding hydrogens is 375 g/mol. The smallest absolute Gasteiger partial charge is 0.288 e. The lowest BCUT2D eigenvalue weighted by Crippen LogP contribution is -2.51. The minimum Gasteiger partial charge on any atom is -0.363 e. The maximum Gasteiger partial charge on any atom is 0.288 e. The largest absolute Gasteiger partial charge is 0.363 e. The summed E-state index contributed by atoms with van der Waals surface area (Å²) in [6, 6.07) is 7.92. The number of hydrogen-bond acceptors (Lipinski definition) is 5. The molecule has 7 nitrogen and oxygen atoms in total. The summed E-state index contributed by atoms with van der Waals surface area (Å²) in [5.41, 5.74) is 1.67. The molecule has 2 aliphatic heterocycles. The number of H-pyrrole nitrogens is 1. The van der Waals surface area contributed by atoms with E-state index in [4.69, 9.17) is 4.74 Å². The lowest BCUT2D eigenvalue weighted by molar-refractivity contribution is -0.145. The number of amides is 1. The van der Waals surface area contributed by atoms with Crippen molar-refractivity contribution in [3.63, 3.8) is 0 Å². The Kier molecular flexibility index (Phi) is 4.58. The Hall–Kier alpha value is -2.74. The van der Waals surface area contributed by atoms with Crippen LogP contribution >= 0.6 is 0 Å². The number of halogens is 1. The maximum atomic E-state index is 14.0. The van der Waals surface area contributed by atoms with Gasteiger partial charge in [-0.05, 0) is 30.4 Å². The van der Waals surface area contributed by atoms with Crippen molar-refractivity contribution in [1.82, 2.24) is 14.9 Å². The zero-order valence-electron chi connectivity index (χ0n) is 16.1. The standard InChI is InChI=1S/C21H23FN4O3/c22-16-17(14-5-6-14)23-21(24-19(16)27)26-10-8-25(9-11-26)20(28)18-15-4-2-1-3-13(15)7-12-29-18/h1-4,14,18H,5-12H2,(H,23,24,27). The Labute approximate surface area is 167 Å². The van der Waals surface area contributed by atoms with Gasteiger partial charge in [0.15, 0.2) is 6.10 Å². The number of nitrogens with one attached hydrogen (secondary N) is 1. The van der Waals surface area contributed by atoms with Crippen LogP contribution in [0.3, 0.4) is 0 Å². The summed E-state index contributed by atoms with van der Waals surface area (Å²) in [5, 5.41) is 0. The van der Waals surface area contributed by atoms with Crippen LogP contribution in [0.4, 0.5) is 10.3 Å². The zero-order chi connectivity index (χ0) is 20.0. The average Bonchev–Trinajstić information content (AvgIpc) is 3.60. The molecule has 0 spiro atoms. The lowest BCUT2D eigenvalue weighted by Gasteiger charge is -2.37. The van der Waals surface area contributed by atoms with Gasteiger partial charge >= 0.3 is 0 Å². The monoisotopic (exact) mass is 398 g/mol. The molecule has 1 aromatic heterocycles. The molecule has 1 saturated carbocycles. The number of carbonyl (C=O) groups is 1. The Bertz CT molecular complexity index is 996. The van der Waals surface area contributed by atoms with Gasteiger partial charge in [0.25, 0.3) is 11.5 Å². The van der Waals surface area contributed by atoms with E-state index in [2.05, 4.69) is 9.97 Å². The predicted octanol–water partition coefficient (Wildman–Crippen LogP) is 1.75. The summed E-state index contributed by atoms with van der Waals surface area (Å²) in [5.74, 6) is -0.346. The molecule has 2 fully saturated rings. The van der Waals surface area contributed by atoms with Crippen LogP contribution in [0.1, 0.15) is 41.7 Å². The molecule has 2 aromatic rings. The van der Waals surface area contributed by atoms with Crippen molar-refractivity contribution in [3.05, 3.63) is 57.3 Å².